The third kappa shape index (κ3) is 1.01. The van der Waals surface area contributed by atoms with Gasteiger partial charge in [0.1, 0.15) is 0 Å². The number of fused-ring (bicyclic) bond motifs is 1. The molecule has 4 heteroatoms. The molecule has 0 aliphatic carbocycles. The van der Waals surface area contributed by atoms with Gasteiger partial charge in [0.2, 0.25) is 0 Å². The summed E-state index contributed by atoms with van der Waals surface area (Å²) in [5.41, 5.74) is 7.19. The van der Waals surface area contributed by atoms with Gasteiger partial charge in [-0.3, -0.25) is 4.99 Å². The van der Waals surface area contributed by atoms with Crippen molar-refractivity contribution in [1.82, 2.24) is 4.90 Å². The van der Waals surface area contributed by atoms with Crippen molar-refractivity contribution in [2.45, 2.75) is 0 Å². The average molecular weight is 163 g/mol. The maximum Gasteiger partial charge on any atom is 0.315 e. The van der Waals surface area contributed by atoms with E-state index in [1.165, 1.54) is 0 Å². The molecule has 2 aliphatic rings. The summed E-state index contributed by atoms with van der Waals surface area (Å²) in [6, 6.07) is -0.377. The number of hydrogen-bond acceptors (Lipinski definition) is 2. The second kappa shape index (κ2) is 2.48. The third-order valence-electron chi connectivity index (χ3n) is 2.00. The fraction of sp³-hybridized carbons (Fsp3) is 0.250. The van der Waals surface area contributed by atoms with Crippen molar-refractivity contribution in [3.63, 3.8) is 0 Å². The Bertz CT molecular complexity index is 314. The Morgan fingerprint density at radius 3 is 3.25 bits per heavy atom. The van der Waals surface area contributed by atoms with Crippen LogP contribution in [0.3, 0.4) is 0 Å². The van der Waals surface area contributed by atoms with Crippen LogP contribution in [0.2, 0.25) is 0 Å². The van der Waals surface area contributed by atoms with E-state index in [4.69, 9.17) is 5.73 Å². The topological polar surface area (TPSA) is 58.7 Å². The molecule has 4 nitrogen and oxygen atoms in total. The fourth-order valence-corrected chi connectivity index (χ4v) is 1.33. The summed E-state index contributed by atoms with van der Waals surface area (Å²) in [6.45, 7) is 1.15. The van der Waals surface area contributed by atoms with Crippen molar-refractivity contribution < 1.29 is 4.79 Å². The molecule has 0 atom stereocenters. The number of primary amides is 1. The van der Waals surface area contributed by atoms with E-state index < -0.39 is 0 Å². The summed E-state index contributed by atoms with van der Waals surface area (Å²) in [6.07, 6.45) is 5.55. The number of carbonyl (C=O) groups is 1. The zero-order chi connectivity index (χ0) is 8.55. The zero-order valence-corrected chi connectivity index (χ0v) is 6.53. The average Bonchev–Trinajstić information content (AvgIpc) is 2.49. The van der Waals surface area contributed by atoms with Crippen LogP contribution in [-0.2, 0) is 0 Å². The lowest BCUT2D eigenvalue weighted by atomic mass is 10.1. The number of nitrogens with zero attached hydrogens (tertiary/aromatic N) is 2. The Morgan fingerprint density at radius 2 is 2.50 bits per heavy atom. The van der Waals surface area contributed by atoms with Gasteiger partial charge in [-0.05, 0) is 17.7 Å². The Kier molecular flexibility index (Phi) is 1.46. The van der Waals surface area contributed by atoms with Crippen molar-refractivity contribution in [2.24, 2.45) is 10.7 Å². The maximum absolute atomic E-state index is 10.8. The maximum atomic E-state index is 10.8. The Balaban J connectivity index is 2.21. The molecule has 0 radical (unpaired) electrons. The summed E-state index contributed by atoms with van der Waals surface area (Å²) in [5.74, 6) is 0. The molecular formula is C8H9N3O. The van der Waals surface area contributed by atoms with Crippen molar-refractivity contribution in [3.05, 3.63) is 23.4 Å². The van der Waals surface area contributed by atoms with Crippen LogP contribution in [0.25, 0.3) is 0 Å². The van der Waals surface area contributed by atoms with E-state index in [1.54, 1.807) is 11.1 Å². The molecule has 2 heterocycles. The number of urea groups is 1. The van der Waals surface area contributed by atoms with E-state index >= 15 is 0 Å². The van der Waals surface area contributed by atoms with E-state index in [-0.39, 0.29) is 6.03 Å². The van der Waals surface area contributed by atoms with Gasteiger partial charge in [-0.1, -0.05) is 0 Å². The van der Waals surface area contributed by atoms with Crippen molar-refractivity contribution in [3.8, 4) is 0 Å². The van der Waals surface area contributed by atoms with E-state index in [2.05, 4.69) is 4.99 Å². The summed E-state index contributed by atoms with van der Waals surface area (Å²) in [4.78, 5) is 16.5. The van der Waals surface area contributed by atoms with Crippen LogP contribution < -0.4 is 5.73 Å². The fourth-order valence-electron chi connectivity index (χ4n) is 1.33. The molecule has 0 aromatic carbocycles. The largest absolute Gasteiger partial charge is 0.351 e. The summed E-state index contributed by atoms with van der Waals surface area (Å²) in [5, 5.41) is 0. The van der Waals surface area contributed by atoms with Crippen molar-refractivity contribution >= 4 is 12.2 Å². The van der Waals surface area contributed by atoms with Crippen molar-refractivity contribution in [1.29, 1.82) is 0 Å². The first-order chi connectivity index (χ1) is 5.77. The van der Waals surface area contributed by atoms with Crippen LogP contribution in [0.4, 0.5) is 4.79 Å². The summed E-state index contributed by atoms with van der Waals surface area (Å²) < 4.78 is 0. The highest BCUT2D eigenvalue weighted by Crippen LogP contribution is 2.20. The molecule has 0 unspecified atom stereocenters. The highest BCUT2D eigenvalue weighted by molar-refractivity contribution is 5.81. The van der Waals surface area contributed by atoms with Crippen LogP contribution in [0, 0.1) is 0 Å². The smallest absolute Gasteiger partial charge is 0.315 e. The predicted molar refractivity (Wildman–Crippen MR) is 45.8 cm³/mol. The molecular weight excluding hydrogens is 154 g/mol. The number of carbonyl (C=O) groups excluding carboxylic acids is 1. The zero-order valence-electron chi connectivity index (χ0n) is 6.53. The van der Waals surface area contributed by atoms with Crippen LogP contribution in [0.1, 0.15) is 0 Å². The first-order valence-electron chi connectivity index (χ1n) is 3.75. The molecule has 0 saturated carbocycles. The normalized spacial score (nSPS) is 20.2. The molecule has 12 heavy (non-hydrogen) atoms. The molecule has 2 N–H and O–H groups in total. The number of amides is 2. The molecule has 0 bridgehead atoms. The molecule has 0 aromatic heterocycles. The minimum atomic E-state index is -0.377. The predicted octanol–water partition coefficient (Wildman–Crippen LogP) is 0.275. The highest BCUT2D eigenvalue weighted by Gasteiger charge is 2.19. The first-order valence-corrected chi connectivity index (χ1v) is 3.75. The minimum absolute atomic E-state index is 0.377. The summed E-state index contributed by atoms with van der Waals surface area (Å²) >= 11 is 0. The SMILES string of the molecule is NC(=O)N1CC=C2N=CC=C2C1. The Morgan fingerprint density at radius 1 is 1.67 bits per heavy atom. The monoisotopic (exact) mass is 163 g/mol. The highest BCUT2D eigenvalue weighted by atomic mass is 16.2. The number of nitrogens with two attached hydrogens (primary N) is 1. The van der Waals surface area contributed by atoms with E-state index in [0.717, 1.165) is 11.3 Å². The Labute approximate surface area is 70.1 Å². The van der Waals surface area contributed by atoms with Gasteiger partial charge in [0.25, 0.3) is 0 Å². The van der Waals surface area contributed by atoms with Gasteiger partial charge in [0, 0.05) is 19.3 Å². The molecule has 62 valence electrons. The van der Waals surface area contributed by atoms with E-state index in [1.807, 2.05) is 12.2 Å². The van der Waals surface area contributed by atoms with Gasteiger partial charge in [0.15, 0.2) is 0 Å². The second-order valence-corrected chi connectivity index (χ2v) is 2.78. The van der Waals surface area contributed by atoms with Crippen LogP contribution >= 0.6 is 0 Å². The van der Waals surface area contributed by atoms with Crippen LogP contribution in [0.15, 0.2) is 28.4 Å². The van der Waals surface area contributed by atoms with E-state index in [9.17, 15) is 4.79 Å². The van der Waals surface area contributed by atoms with Crippen LogP contribution in [-0.4, -0.2) is 30.2 Å². The van der Waals surface area contributed by atoms with Crippen LogP contribution in [0.5, 0.6) is 0 Å². The van der Waals surface area contributed by atoms with Gasteiger partial charge < -0.3 is 10.6 Å². The van der Waals surface area contributed by atoms with Gasteiger partial charge in [-0.25, -0.2) is 4.79 Å². The van der Waals surface area contributed by atoms with E-state index in [0.29, 0.717) is 13.1 Å². The molecule has 0 fully saturated rings. The lowest BCUT2D eigenvalue weighted by Crippen LogP contribution is -2.39. The van der Waals surface area contributed by atoms with Gasteiger partial charge in [-0.2, -0.15) is 0 Å². The molecule has 0 saturated heterocycles. The minimum Gasteiger partial charge on any atom is -0.351 e. The number of allylic oxidation sites excluding steroid dienone is 1. The van der Waals surface area contributed by atoms with Gasteiger partial charge in [0.05, 0.1) is 5.70 Å². The van der Waals surface area contributed by atoms with Gasteiger partial charge >= 0.3 is 6.03 Å². The molecule has 2 amide bonds. The first kappa shape index (κ1) is 7.09. The molecule has 2 rings (SSSR count). The lowest BCUT2D eigenvalue weighted by molar-refractivity contribution is 0.216. The quantitative estimate of drug-likeness (QED) is 0.547. The number of aliphatic imine (C=N–C) groups is 1. The van der Waals surface area contributed by atoms with Crippen molar-refractivity contribution in [2.75, 3.05) is 13.1 Å². The molecule has 0 aromatic rings. The third-order valence-corrected chi connectivity index (χ3v) is 2.00. The van der Waals surface area contributed by atoms with Gasteiger partial charge in [-0.15, -0.1) is 0 Å². The molecule has 0 spiro atoms. The second-order valence-electron chi connectivity index (χ2n) is 2.78. The Hall–Kier alpha value is -1.58. The number of rotatable bonds is 0. The number of hydrogen-bond donors (Lipinski definition) is 1. The lowest BCUT2D eigenvalue weighted by Gasteiger charge is -2.23. The standard InChI is InChI=1S/C8H9N3O/c9-8(12)11-4-2-7-6(5-11)1-3-10-7/h1-3H,4-5H2,(H2,9,12). The molecule has 2 aliphatic heterocycles. The summed E-state index contributed by atoms with van der Waals surface area (Å²) in [7, 11) is 0.